The van der Waals surface area contributed by atoms with Crippen molar-refractivity contribution in [3.8, 4) is 0 Å². The van der Waals surface area contributed by atoms with E-state index in [-0.39, 0.29) is 25.7 Å². The van der Waals surface area contributed by atoms with Gasteiger partial charge >= 0.3 is 39.5 Å². The molecule has 0 amide bonds. The van der Waals surface area contributed by atoms with Crippen molar-refractivity contribution in [2.24, 2.45) is 11.8 Å². The third kappa shape index (κ3) is 78.5. The van der Waals surface area contributed by atoms with E-state index in [2.05, 4.69) is 41.5 Å². The van der Waals surface area contributed by atoms with Crippen LogP contribution < -0.4 is 0 Å². The van der Waals surface area contributed by atoms with Crippen LogP contribution in [-0.4, -0.2) is 96.7 Å². The zero-order valence-corrected chi connectivity index (χ0v) is 70.8. The van der Waals surface area contributed by atoms with Crippen molar-refractivity contribution in [2.45, 2.75) is 477 Å². The van der Waals surface area contributed by atoms with Crippen LogP contribution in [0.5, 0.6) is 0 Å². The highest BCUT2D eigenvalue weighted by Gasteiger charge is 2.30. The summed E-state index contributed by atoms with van der Waals surface area (Å²) in [5.41, 5.74) is 0. The van der Waals surface area contributed by atoms with Crippen LogP contribution in [0.25, 0.3) is 0 Å². The smallest absolute Gasteiger partial charge is 0.462 e. The first-order chi connectivity index (χ1) is 50.9. The molecule has 0 spiro atoms. The molecule has 105 heavy (non-hydrogen) atoms. The Morgan fingerprint density at radius 3 is 0.724 bits per heavy atom. The van der Waals surface area contributed by atoms with E-state index in [4.69, 9.17) is 37.0 Å². The topological polar surface area (TPSA) is 237 Å². The summed E-state index contributed by atoms with van der Waals surface area (Å²) in [4.78, 5) is 73.1. The summed E-state index contributed by atoms with van der Waals surface area (Å²) in [5, 5.41) is 10.7. The molecule has 0 aromatic carbocycles. The molecule has 0 aliphatic rings. The second-order valence-corrected chi connectivity index (χ2v) is 34.6. The number of rotatable bonds is 85. The number of carbonyl (C=O) groups excluding carboxylic acids is 4. The van der Waals surface area contributed by atoms with Crippen molar-refractivity contribution >= 4 is 39.5 Å². The molecular formula is C86H168O17P2. The summed E-state index contributed by atoms with van der Waals surface area (Å²) in [6.45, 7) is 9.71. The molecule has 0 fully saturated rings. The highest BCUT2D eigenvalue weighted by atomic mass is 31.2. The van der Waals surface area contributed by atoms with E-state index in [1.165, 1.54) is 276 Å². The maximum atomic E-state index is 13.1. The lowest BCUT2D eigenvalue weighted by molar-refractivity contribution is -0.161. The lowest BCUT2D eigenvalue weighted by atomic mass is 9.99. The molecule has 0 saturated carbocycles. The molecule has 0 radical (unpaired) electrons. The van der Waals surface area contributed by atoms with E-state index in [1.807, 2.05) is 0 Å². The zero-order valence-electron chi connectivity index (χ0n) is 69.0. The fourth-order valence-corrected chi connectivity index (χ4v) is 15.0. The minimum atomic E-state index is -4.97. The number of phosphoric acid groups is 2. The standard InChI is InChI=1S/C86H168O17P2/c1-7-10-12-14-16-18-19-20-21-22-23-24-25-29-32-35-38-45-51-57-63-69-84(89)97-75-82(102-85(90)70-64-58-52-46-39-36-33-30-27-26-28-31-34-37-43-48-54-60-66-78(4)5)77-101-105(94,95)99-73-80(87)72-98-104(92,93)100-76-81(74-96-83(88)68-62-56-50-42-17-15-13-11-8-2)103-86(91)71-65-59-53-47-41-40-44-49-55-61-67-79(6)9-3/h78-82,87H,7-77H2,1-6H3,(H,92,93)(H,94,95)/t79?,80-,81+,82+/m0/s1. The number of unbranched alkanes of at least 4 members (excludes halogenated alkanes) is 54. The minimum Gasteiger partial charge on any atom is -0.462 e. The molecule has 0 aliphatic heterocycles. The molecule has 0 aromatic rings. The van der Waals surface area contributed by atoms with E-state index in [1.54, 1.807) is 0 Å². The summed E-state index contributed by atoms with van der Waals surface area (Å²) >= 11 is 0. The number of ether oxygens (including phenoxy) is 4. The molecule has 0 aliphatic carbocycles. The molecular weight excluding hydrogens is 1370 g/mol. The number of hydrogen-bond donors (Lipinski definition) is 3. The van der Waals surface area contributed by atoms with Gasteiger partial charge in [-0.2, -0.15) is 0 Å². The van der Waals surface area contributed by atoms with Gasteiger partial charge in [-0.05, 0) is 37.5 Å². The van der Waals surface area contributed by atoms with Crippen LogP contribution in [-0.2, 0) is 65.4 Å². The highest BCUT2D eigenvalue weighted by molar-refractivity contribution is 7.47. The third-order valence-electron chi connectivity index (χ3n) is 20.6. The maximum Gasteiger partial charge on any atom is 0.472 e. The third-order valence-corrected chi connectivity index (χ3v) is 22.5. The van der Waals surface area contributed by atoms with Crippen LogP contribution in [0.2, 0.25) is 0 Å². The summed E-state index contributed by atoms with van der Waals surface area (Å²) in [5.74, 6) is -0.481. The number of aliphatic hydroxyl groups is 1. The Morgan fingerprint density at radius 2 is 0.486 bits per heavy atom. The summed E-state index contributed by atoms with van der Waals surface area (Å²) in [7, 11) is -9.92. The molecule has 6 atom stereocenters. The van der Waals surface area contributed by atoms with Crippen molar-refractivity contribution in [3.05, 3.63) is 0 Å². The van der Waals surface area contributed by atoms with Crippen LogP contribution in [0, 0.1) is 11.8 Å². The molecule has 624 valence electrons. The van der Waals surface area contributed by atoms with Gasteiger partial charge in [-0.25, -0.2) is 9.13 Å². The number of carbonyl (C=O) groups is 4. The van der Waals surface area contributed by atoms with Crippen molar-refractivity contribution in [2.75, 3.05) is 39.6 Å². The first kappa shape index (κ1) is 103. The molecule has 0 rings (SSSR count). The van der Waals surface area contributed by atoms with Gasteiger partial charge < -0.3 is 33.8 Å². The van der Waals surface area contributed by atoms with Gasteiger partial charge in [0.05, 0.1) is 26.4 Å². The lowest BCUT2D eigenvalue weighted by Gasteiger charge is -2.21. The van der Waals surface area contributed by atoms with Crippen molar-refractivity contribution in [1.29, 1.82) is 0 Å². The van der Waals surface area contributed by atoms with Gasteiger partial charge in [0.1, 0.15) is 19.3 Å². The molecule has 19 heteroatoms. The lowest BCUT2D eigenvalue weighted by Crippen LogP contribution is -2.30. The van der Waals surface area contributed by atoms with Crippen molar-refractivity contribution in [3.63, 3.8) is 0 Å². The molecule has 0 aromatic heterocycles. The molecule has 0 bridgehead atoms. The predicted octanol–water partition coefficient (Wildman–Crippen LogP) is 26.2. The SMILES string of the molecule is CCCCCCCCCCCCCCCCCCCCCCCC(=O)OC[C@H](COP(=O)(O)OC[C@@H](O)COP(=O)(O)OC[C@@H](COC(=O)CCCCCCCCCCC)OC(=O)CCCCCCCCCCCCC(C)CC)OC(=O)CCCCCCCCCCCCCCCCCCCCC(C)C. The normalized spacial score (nSPS) is 14.1. The molecule has 17 nitrogen and oxygen atoms in total. The number of aliphatic hydroxyl groups excluding tert-OH is 1. The van der Waals surface area contributed by atoms with Gasteiger partial charge in [0, 0.05) is 25.7 Å². The van der Waals surface area contributed by atoms with Gasteiger partial charge in [-0.1, -0.05) is 408 Å². The second-order valence-electron chi connectivity index (χ2n) is 31.6. The number of phosphoric ester groups is 2. The largest absolute Gasteiger partial charge is 0.472 e. The van der Waals surface area contributed by atoms with Crippen LogP contribution in [0.15, 0.2) is 0 Å². The molecule has 3 unspecified atom stereocenters. The van der Waals surface area contributed by atoms with Gasteiger partial charge in [-0.3, -0.25) is 37.3 Å². The molecule has 3 N–H and O–H groups in total. The predicted molar refractivity (Wildman–Crippen MR) is 432 cm³/mol. The van der Waals surface area contributed by atoms with Crippen LogP contribution in [0.4, 0.5) is 0 Å². The Morgan fingerprint density at radius 1 is 0.276 bits per heavy atom. The Balaban J connectivity index is 5.20. The second kappa shape index (κ2) is 77.4. The zero-order chi connectivity index (χ0) is 77.1. The summed E-state index contributed by atoms with van der Waals surface area (Å²) < 4.78 is 68.8. The first-order valence-electron chi connectivity index (χ1n) is 44.5. The van der Waals surface area contributed by atoms with Gasteiger partial charge in [-0.15, -0.1) is 0 Å². The quantitative estimate of drug-likeness (QED) is 0.0222. The molecule has 0 heterocycles. The minimum absolute atomic E-state index is 0.107. The van der Waals surface area contributed by atoms with E-state index in [0.29, 0.717) is 25.7 Å². The Kier molecular flexibility index (Phi) is 76.0. The van der Waals surface area contributed by atoms with Crippen molar-refractivity contribution in [1.82, 2.24) is 0 Å². The van der Waals surface area contributed by atoms with Gasteiger partial charge in [0.25, 0.3) is 0 Å². The van der Waals surface area contributed by atoms with E-state index in [9.17, 15) is 43.2 Å². The first-order valence-corrected chi connectivity index (χ1v) is 47.5. The van der Waals surface area contributed by atoms with Crippen molar-refractivity contribution < 1.29 is 80.2 Å². The summed E-state index contributed by atoms with van der Waals surface area (Å²) in [6, 6.07) is 0. The van der Waals surface area contributed by atoms with E-state index < -0.39 is 97.5 Å². The van der Waals surface area contributed by atoms with Crippen LogP contribution in [0.3, 0.4) is 0 Å². The fraction of sp³-hybridized carbons (Fsp3) is 0.953. The van der Waals surface area contributed by atoms with Crippen LogP contribution >= 0.6 is 15.6 Å². The fourth-order valence-electron chi connectivity index (χ4n) is 13.4. The maximum absolute atomic E-state index is 13.1. The Hall–Kier alpha value is -1.94. The van der Waals surface area contributed by atoms with Crippen LogP contribution in [0.1, 0.15) is 459 Å². The highest BCUT2D eigenvalue weighted by Crippen LogP contribution is 2.45. The van der Waals surface area contributed by atoms with E-state index in [0.717, 1.165) is 102 Å². The number of esters is 4. The summed E-state index contributed by atoms with van der Waals surface area (Å²) in [6.07, 6.45) is 69.5. The molecule has 0 saturated heterocycles. The Labute approximate surface area is 645 Å². The van der Waals surface area contributed by atoms with E-state index >= 15 is 0 Å². The Bertz CT molecular complexity index is 2010. The van der Waals surface area contributed by atoms with Gasteiger partial charge in [0.15, 0.2) is 12.2 Å². The monoisotopic (exact) mass is 1540 g/mol. The average molecular weight is 1540 g/mol. The number of hydrogen-bond acceptors (Lipinski definition) is 15. The average Bonchev–Trinajstić information content (AvgIpc) is 0.943. The van der Waals surface area contributed by atoms with Gasteiger partial charge in [0.2, 0.25) is 0 Å².